The van der Waals surface area contributed by atoms with E-state index in [0.29, 0.717) is 37.4 Å². The third kappa shape index (κ3) is 7.55. The number of benzene rings is 1. The molecule has 156 valence electrons. The Balaban J connectivity index is 0.00000392. The van der Waals surface area contributed by atoms with Crippen LogP contribution in [-0.4, -0.2) is 36.0 Å². The van der Waals surface area contributed by atoms with Crippen LogP contribution in [-0.2, 0) is 23.6 Å². The van der Waals surface area contributed by atoms with Gasteiger partial charge < -0.3 is 19.9 Å². The molecule has 0 spiro atoms. The second-order valence-electron chi connectivity index (χ2n) is 5.77. The fourth-order valence-electron chi connectivity index (χ4n) is 2.45. The second-order valence-corrected chi connectivity index (χ2v) is 6.64. The molecular weight excluding hydrogens is 496 g/mol. The van der Waals surface area contributed by atoms with Crippen LogP contribution in [0.2, 0.25) is 0 Å². The Kier molecular flexibility index (Phi) is 11.4. The lowest BCUT2D eigenvalue weighted by molar-refractivity contribution is 0.0683. The maximum atomic E-state index is 13.5. The summed E-state index contributed by atoms with van der Waals surface area (Å²) >= 11 is 1.65. The second kappa shape index (κ2) is 12.9. The Morgan fingerprint density at radius 1 is 1.32 bits per heavy atom. The molecule has 28 heavy (non-hydrogen) atoms. The maximum Gasteiger partial charge on any atom is 0.246 e. The van der Waals surface area contributed by atoms with Gasteiger partial charge in [-0.15, -0.1) is 24.0 Å². The summed E-state index contributed by atoms with van der Waals surface area (Å²) in [4.78, 5) is 8.49. The fourth-order valence-corrected chi connectivity index (χ4v) is 3.02. The highest BCUT2D eigenvalue weighted by molar-refractivity contribution is 14.0. The SMILES string of the molecule is CCOC(C)c1noc(CNC(=NC)NCc2ccc(F)cc2CSC)n1.I. The fraction of sp³-hybridized carbons (Fsp3) is 0.500. The van der Waals surface area contributed by atoms with E-state index in [9.17, 15) is 4.39 Å². The number of ether oxygens (including phenoxy) is 1. The Hall–Kier alpha value is -1.40. The number of nitrogens with one attached hydrogen (secondary N) is 2. The van der Waals surface area contributed by atoms with Gasteiger partial charge in [-0.1, -0.05) is 11.2 Å². The zero-order valence-electron chi connectivity index (χ0n) is 16.5. The molecule has 7 nitrogen and oxygen atoms in total. The van der Waals surface area contributed by atoms with Crippen molar-refractivity contribution < 1.29 is 13.7 Å². The van der Waals surface area contributed by atoms with E-state index in [1.165, 1.54) is 6.07 Å². The van der Waals surface area contributed by atoms with Gasteiger partial charge in [0, 0.05) is 26.0 Å². The van der Waals surface area contributed by atoms with Gasteiger partial charge in [0.05, 0.1) is 6.54 Å². The van der Waals surface area contributed by atoms with Crippen LogP contribution in [0.5, 0.6) is 0 Å². The van der Waals surface area contributed by atoms with Crippen molar-refractivity contribution in [2.45, 2.75) is 38.8 Å². The summed E-state index contributed by atoms with van der Waals surface area (Å²) in [5, 5.41) is 10.3. The third-order valence-electron chi connectivity index (χ3n) is 3.81. The summed E-state index contributed by atoms with van der Waals surface area (Å²) in [6.07, 6.45) is 1.78. The molecule has 1 aromatic heterocycles. The minimum atomic E-state index is -0.223. The number of thioether (sulfide) groups is 1. The predicted octanol–water partition coefficient (Wildman–Crippen LogP) is 3.65. The van der Waals surface area contributed by atoms with E-state index in [1.54, 1.807) is 30.9 Å². The molecule has 0 radical (unpaired) electrons. The topological polar surface area (TPSA) is 84.6 Å². The summed E-state index contributed by atoms with van der Waals surface area (Å²) in [6.45, 7) is 5.25. The van der Waals surface area contributed by atoms with Crippen molar-refractivity contribution in [3.8, 4) is 0 Å². The van der Waals surface area contributed by atoms with Crippen molar-refractivity contribution in [2.75, 3.05) is 19.9 Å². The molecule has 1 atom stereocenters. The first-order chi connectivity index (χ1) is 13.1. The molecule has 10 heteroatoms. The van der Waals surface area contributed by atoms with Crippen LogP contribution >= 0.6 is 35.7 Å². The smallest absolute Gasteiger partial charge is 0.246 e. The standard InChI is InChI=1S/C18H26FN5O2S.HI/c1-5-25-12(2)17-23-16(26-24-17)10-22-18(20-3)21-9-13-6-7-15(19)8-14(13)11-27-4;/h6-8,12H,5,9-11H2,1-4H3,(H2,20,21,22);1H. The highest BCUT2D eigenvalue weighted by Crippen LogP contribution is 2.16. The highest BCUT2D eigenvalue weighted by atomic mass is 127. The van der Waals surface area contributed by atoms with Gasteiger partial charge in [0.1, 0.15) is 11.9 Å². The van der Waals surface area contributed by atoms with E-state index < -0.39 is 0 Å². The van der Waals surface area contributed by atoms with E-state index in [2.05, 4.69) is 25.8 Å². The monoisotopic (exact) mass is 523 g/mol. The van der Waals surface area contributed by atoms with Crippen molar-refractivity contribution >= 4 is 41.7 Å². The molecule has 0 saturated heterocycles. The van der Waals surface area contributed by atoms with Gasteiger partial charge in [0.25, 0.3) is 0 Å². The third-order valence-corrected chi connectivity index (χ3v) is 4.41. The molecule has 2 aromatic rings. The maximum absolute atomic E-state index is 13.5. The van der Waals surface area contributed by atoms with Crippen LogP contribution in [0.15, 0.2) is 27.7 Å². The minimum Gasteiger partial charge on any atom is -0.371 e. The quantitative estimate of drug-likeness (QED) is 0.295. The first-order valence-corrected chi connectivity index (χ1v) is 10.1. The summed E-state index contributed by atoms with van der Waals surface area (Å²) in [7, 11) is 1.68. The average molecular weight is 523 g/mol. The predicted molar refractivity (Wildman–Crippen MR) is 120 cm³/mol. The first kappa shape index (κ1) is 24.6. The van der Waals surface area contributed by atoms with E-state index in [4.69, 9.17) is 9.26 Å². The van der Waals surface area contributed by atoms with Gasteiger partial charge in [0.2, 0.25) is 5.89 Å². The van der Waals surface area contributed by atoms with Crippen molar-refractivity contribution in [1.82, 2.24) is 20.8 Å². The zero-order chi connectivity index (χ0) is 19.6. The average Bonchev–Trinajstić information content (AvgIpc) is 3.13. The lowest BCUT2D eigenvalue weighted by atomic mass is 10.1. The molecule has 0 amide bonds. The van der Waals surface area contributed by atoms with E-state index >= 15 is 0 Å². The van der Waals surface area contributed by atoms with Crippen molar-refractivity contribution in [1.29, 1.82) is 0 Å². The summed E-state index contributed by atoms with van der Waals surface area (Å²) in [5.41, 5.74) is 2.00. The molecular formula is C18H27FIN5O2S. The molecule has 2 N–H and O–H groups in total. The molecule has 1 aromatic carbocycles. The summed E-state index contributed by atoms with van der Waals surface area (Å²) in [5.74, 6) is 2.09. The molecule has 0 saturated carbocycles. The lowest BCUT2D eigenvalue weighted by Gasteiger charge is -2.13. The number of rotatable bonds is 9. The van der Waals surface area contributed by atoms with Gasteiger partial charge in [-0.3, -0.25) is 4.99 Å². The number of aliphatic imine (C=N–C) groups is 1. The van der Waals surface area contributed by atoms with Gasteiger partial charge in [0.15, 0.2) is 11.8 Å². The molecule has 2 rings (SSSR count). The first-order valence-electron chi connectivity index (χ1n) is 8.72. The Morgan fingerprint density at radius 3 is 2.75 bits per heavy atom. The summed E-state index contributed by atoms with van der Waals surface area (Å²) < 4.78 is 24.1. The lowest BCUT2D eigenvalue weighted by Crippen LogP contribution is -2.36. The van der Waals surface area contributed by atoms with E-state index in [1.807, 2.05) is 20.1 Å². The van der Waals surface area contributed by atoms with Gasteiger partial charge in [-0.2, -0.15) is 16.7 Å². The number of aromatic nitrogens is 2. The van der Waals surface area contributed by atoms with Crippen LogP contribution in [0.25, 0.3) is 0 Å². The number of guanidine groups is 1. The van der Waals surface area contributed by atoms with Gasteiger partial charge in [-0.25, -0.2) is 4.39 Å². The van der Waals surface area contributed by atoms with Crippen molar-refractivity contribution in [2.24, 2.45) is 4.99 Å². The van der Waals surface area contributed by atoms with Crippen LogP contribution in [0, 0.1) is 5.82 Å². The van der Waals surface area contributed by atoms with Gasteiger partial charge in [-0.05, 0) is 43.4 Å². The molecule has 0 fully saturated rings. The Morgan fingerprint density at radius 2 is 2.07 bits per heavy atom. The number of halogens is 2. The normalized spacial score (nSPS) is 12.4. The zero-order valence-corrected chi connectivity index (χ0v) is 19.6. The van der Waals surface area contributed by atoms with Crippen LogP contribution < -0.4 is 10.6 Å². The highest BCUT2D eigenvalue weighted by Gasteiger charge is 2.14. The van der Waals surface area contributed by atoms with E-state index in [-0.39, 0.29) is 35.9 Å². The molecule has 1 unspecified atom stereocenters. The van der Waals surface area contributed by atoms with Crippen LogP contribution in [0.1, 0.15) is 42.8 Å². The Labute approximate surface area is 186 Å². The number of hydrogen-bond donors (Lipinski definition) is 2. The van der Waals surface area contributed by atoms with Crippen LogP contribution in [0.4, 0.5) is 4.39 Å². The van der Waals surface area contributed by atoms with Gasteiger partial charge >= 0.3 is 0 Å². The summed E-state index contributed by atoms with van der Waals surface area (Å²) in [6, 6.07) is 4.83. The molecule has 0 aliphatic carbocycles. The number of nitrogens with zero attached hydrogens (tertiary/aromatic N) is 3. The largest absolute Gasteiger partial charge is 0.371 e. The Bertz CT molecular complexity index is 759. The molecule has 0 aliphatic rings. The van der Waals surface area contributed by atoms with Crippen molar-refractivity contribution in [3.05, 3.63) is 46.9 Å². The molecule has 0 bridgehead atoms. The van der Waals surface area contributed by atoms with Crippen LogP contribution in [0.3, 0.4) is 0 Å². The minimum absolute atomic E-state index is 0. The van der Waals surface area contributed by atoms with Crippen molar-refractivity contribution in [3.63, 3.8) is 0 Å². The number of hydrogen-bond acceptors (Lipinski definition) is 6. The van der Waals surface area contributed by atoms with E-state index in [0.717, 1.165) is 16.9 Å². The molecule has 0 aliphatic heterocycles. The molecule has 1 heterocycles.